The number of carbonyl (C=O) groups is 1. The molecule has 2 rings (SSSR count). The third-order valence-electron chi connectivity index (χ3n) is 2.52. The van der Waals surface area contributed by atoms with Gasteiger partial charge in [0.1, 0.15) is 5.82 Å². The average molecular weight is 406 g/mol. The van der Waals surface area contributed by atoms with E-state index in [1.807, 2.05) is 0 Å². The molecule has 0 unspecified atom stereocenters. The van der Waals surface area contributed by atoms with Gasteiger partial charge in [-0.1, -0.05) is 43.5 Å². The Morgan fingerprint density at radius 2 is 1.84 bits per heavy atom. The van der Waals surface area contributed by atoms with Crippen LogP contribution in [-0.2, 0) is 6.42 Å². The van der Waals surface area contributed by atoms with Crippen molar-refractivity contribution in [1.82, 2.24) is 0 Å². The fraction of sp³-hybridized carbons (Fsp3) is 0.0714. The molecule has 0 aliphatic heterocycles. The highest BCUT2D eigenvalue weighted by atomic mass is 79.9. The van der Waals surface area contributed by atoms with Gasteiger partial charge in [0.15, 0.2) is 5.78 Å². The number of Topliss-reactive ketones (excluding diaryl/α,β-unsaturated/α-hetero) is 1. The quantitative estimate of drug-likeness (QED) is 0.621. The second-order valence-corrected chi connectivity index (χ2v) is 6.24. The molecule has 0 spiro atoms. The number of halogens is 4. The van der Waals surface area contributed by atoms with E-state index in [9.17, 15) is 9.18 Å². The monoisotopic (exact) mass is 404 g/mol. The molecule has 2 aromatic carbocycles. The first kappa shape index (κ1) is 14.7. The lowest BCUT2D eigenvalue weighted by Gasteiger charge is -2.05. The van der Waals surface area contributed by atoms with Gasteiger partial charge < -0.3 is 0 Å². The van der Waals surface area contributed by atoms with Crippen LogP contribution < -0.4 is 0 Å². The molecule has 0 atom stereocenters. The average Bonchev–Trinajstić information content (AvgIpc) is 2.30. The Kier molecular flexibility index (Phi) is 4.76. The second-order valence-electron chi connectivity index (χ2n) is 4.00. The van der Waals surface area contributed by atoms with Gasteiger partial charge in [0, 0.05) is 20.9 Å². The van der Waals surface area contributed by atoms with Gasteiger partial charge in [-0.05, 0) is 42.0 Å². The van der Waals surface area contributed by atoms with E-state index in [4.69, 9.17) is 11.6 Å². The maximum absolute atomic E-state index is 13.2. The van der Waals surface area contributed by atoms with Crippen LogP contribution in [0.2, 0.25) is 5.02 Å². The molecule has 1 nitrogen and oxygen atoms in total. The minimum atomic E-state index is -0.377. The van der Waals surface area contributed by atoms with E-state index in [1.54, 1.807) is 24.3 Å². The molecule has 98 valence electrons. The van der Waals surface area contributed by atoms with Crippen molar-refractivity contribution in [3.05, 3.63) is 67.3 Å². The molecule has 5 heteroatoms. The summed E-state index contributed by atoms with van der Waals surface area (Å²) in [5, 5.41) is 0.392. The van der Waals surface area contributed by atoms with Gasteiger partial charge in [-0.3, -0.25) is 4.79 Å². The van der Waals surface area contributed by atoms with Crippen molar-refractivity contribution in [3.8, 4) is 0 Å². The smallest absolute Gasteiger partial charge is 0.168 e. The maximum Gasteiger partial charge on any atom is 0.168 e. The molecule has 0 N–H and O–H groups in total. The Labute approximate surface area is 132 Å². The van der Waals surface area contributed by atoms with E-state index in [-0.39, 0.29) is 18.0 Å². The Morgan fingerprint density at radius 3 is 2.53 bits per heavy atom. The molecule has 2 aromatic rings. The van der Waals surface area contributed by atoms with Crippen LogP contribution in [0.4, 0.5) is 4.39 Å². The molecule has 0 bridgehead atoms. The standard InChI is InChI=1S/C14H8Br2ClFO/c15-9-1-2-13(17)12(7-9)14(19)5-8-3-10(16)6-11(18)4-8/h1-4,6-7H,5H2. The lowest BCUT2D eigenvalue weighted by atomic mass is 10.0. The summed E-state index contributed by atoms with van der Waals surface area (Å²) in [5.74, 6) is -0.527. The summed E-state index contributed by atoms with van der Waals surface area (Å²) in [6.07, 6.45) is 0.104. The summed E-state index contributed by atoms with van der Waals surface area (Å²) in [4.78, 5) is 12.2. The first-order valence-corrected chi connectivity index (χ1v) is 7.35. The van der Waals surface area contributed by atoms with Gasteiger partial charge in [0.05, 0.1) is 5.02 Å². The molecule has 19 heavy (non-hydrogen) atoms. The molecule has 0 saturated carbocycles. The SMILES string of the molecule is O=C(Cc1cc(F)cc(Br)c1)c1cc(Br)ccc1Cl. The Hall–Kier alpha value is -0.710. The largest absolute Gasteiger partial charge is 0.294 e. The van der Waals surface area contributed by atoms with E-state index >= 15 is 0 Å². The fourth-order valence-electron chi connectivity index (χ4n) is 1.70. The Morgan fingerprint density at radius 1 is 1.11 bits per heavy atom. The minimum Gasteiger partial charge on any atom is -0.294 e. The van der Waals surface area contributed by atoms with E-state index < -0.39 is 0 Å². The predicted molar refractivity (Wildman–Crippen MR) is 81.3 cm³/mol. The molecule has 0 aliphatic carbocycles. The van der Waals surface area contributed by atoms with Crippen LogP contribution in [0.1, 0.15) is 15.9 Å². The third-order valence-corrected chi connectivity index (χ3v) is 3.80. The molecule has 0 aliphatic rings. The Bertz CT molecular complexity index is 623. The molecular formula is C14H8Br2ClFO. The third kappa shape index (κ3) is 3.88. The van der Waals surface area contributed by atoms with Crippen molar-refractivity contribution >= 4 is 49.2 Å². The summed E-state index contributed by atoms with van der Waals surface area (Å²) < 4.78 is 14.6. The number of rotatable bonds is 3. The van der Waals surface area contributed by atoms with Gasteiger partial charge in [0.2, 0.25) is 0 Å². The molecule has 0 aromatic heterocycles. The summed E-state index contributed by atoms with van der Waals surface area (Å²) in [6.45, 7) is 0. The topological polar surface area (TPSA) is 17.1 Å². The number of hydrogen-bond donors (Lipinski definition) is 0. The zero-order valence-electron chi connectivity index (χ0n) is 9.59. The molecule has 0 radical (unpaired) electrons. The molecule has 0 saturated heterocycles. The predicted octanol–water partition coefficient (Wildman–Crippen LogP) is 5.43. The first-order chi connectivity index (χ1) is 8.95. The number of carbonyl (C=O) groups excluding carboxylic acids is 1. The van der Waals surface area contributed by atoms with E-state index in [0.29, 0.717) is 20.6 Å². The van der Waals surface area contributed by atoms with Crippen molar-refractivity contribution in [2.24, 2.45) is 0 Å². The van der Waals surface area contributed by atoms with Crippen LogP contribution in [0.3, 0.4) is 0 Å². The first-order valence-electron chi connectivity index (χ1n) is 5.39. The van der Waals surface area contributed by atoms with Crippen LogP contribution in [0.5, 0.6) is 0 Å². The van der Waals surface area contributed by atoms with Crippen molar-refractivity contribution < 1.29 is 9.18 Å². The number of ketones is 1. The van der Waals surface area contributed by atoms with Crippen LogP contribution in [0.25, 0.3) is 0 Å². The lowest BCUT2D eigenvalue weighted by molar-refractivity contribution is 0.0993. The zero-order chi connectivity index (χ0) is 14.0. The van der Waals surface area contributed by atoms with Crippen molar-refractivity contribution in [2.75, 3.05) is 0 Å². The summed E-state index contributed by atoms with van der Waals surface area (Å²) in [6, 6.07) is 9.48. The number of hydrogen-bond acceptors (Lipinski definition) is 1. The van der Waals surface area contributed by atoms with Crippen molar-refractivity contribution in [3.63, 3.8) is 0 Å². The second kappa shape index (κ2) is 6.16. The van der Waals surface area contributed by atoms with Gasteiger partial charge >= 0.3 is 0 Å². The van der Waals surface area contributed by atoms with Crippen molar-refractivity contribution in [2.45, 2.75) is 6.42 Å². The van der Waals surface area contributed by atoms with Crippen LogP contribution in [-0.4, -0.2) is 5.78 Å². The van der Waals surface area contributed by atoms with E-state index in [2.05, 4.69) is 31.9 Å². The molecule has 0 fully saturated rings. The Balaban J connectivity index is 2.28. The highest BCUT2D eigenvalue weighted by molar-refractivity contribution is 9.10. The van der Waals surface area contributed by atoms with Crippen molar-refractivity contribution in [1.29, 1.82) is 0 Å². The summed E-state index contributed by atoms with van der Waals surface area (Å²) in [5.41, 5.74) is 1.03. The molecule has 0 heterocycles. The van der Waals surface area contributed by atoms with E-state index in [0.717, 1.165) is 4.47 Å². The summed E-state index contributed by atoms with van der Waals surface area (Å²) in [7, 11) is 0. The van der Waals surface area contributed by atoms with E-state index in [1.165, 1.54) is 12.1 Å². The molecular weight excluding hydrogens is 398 g/mol. The van der Waals surface area contributed by atoms with Gasteiger partial charge in [-0.15, -0.1) is 0 Å². The summed E-state index contributed by atoms with van der Waals surface area (Å²) >= 11 is 12.5. The number of benzene rings is 2. The van der Waals surface area contributed by atoms with Gasteiger partial charge in [-0.25, -0.2) is 4.39 Å². The van der Waals surface area contributed by atoms with Gasteiger partial charge in [-0.2, -0.15) is 0 Å². The fourth-order valence-corrected chi connectivity index (χ4v) is 2.80. The lowest BCUT2D eigenvalue weighted by Crippen LogP contribution is -2.04. The zero-order valence-corrected chi connectivity index (χ0v) is 13.5. The highest BCUT2D eigenvalue weighted by Gasteiger charge is 2.12. The molecule has 0 amide bonds. The maximum atomic E-state index is 13.2. The minimum absolute atomic E-state index is 0.104. The van der Waals surface area contributed by atoms with Crippen LogP contribution in [0.15, 0.2) is 45.3 Å². The highest BCUT2D eigenvalue weighted by Crippen LogP contribution is 2.23. The van der Waals surface area contributed by atoms with Gasteiger partial charge in [0.25, 0.3) is 0 Å². The van der Waals surface area contributed by atoms with Crippen LogP contribution in [0, 0.1) is 5.82 Å². The normalized spacial score (nSPS) is 10.5. The van der Waals surface area contributed by atoms with Crippen LogP contribution >= 0.6 is 43.5 Å².